The Morgan fingerprint density at radius 2 is 1.25 bits per heavy atom. The number of rotatable bonds is 0. The minimum atomic E-state index is -0.153. The fraction of sp³-hybridized carbons (Fsp3) is 0.394. The van der Waals surface area contributed by atoms with Crippen LogP contribution in [0, 0.1) is 0 Å². The molecule has 2 aliphatic heterocycles. The molecule has 0 atom stereocenters. The van der Waals surface area contributed by atoms with Crippen LogP contribution in [0.3, 0.4) is 0 Å². The summed E-state index contributed by atoms with van der Waals surface area (Å²) in [5, 5.41) is 23.9. The maximum absolute atomic E-state index is 12.6. The van der Waals surface area contributed by atoms with E-state index in [0.29, 0.717) is 24.2 Å². The zero-order valence-electron chi connectivity index (χ0n) is 24.8. The SMILES string of the molecule is O=C1Cc2cccc(c2)OCCCCCCCOc2cccc(c2)CC(=O)Nc2nnc(s2)CCCCc2ccc(nn2)N1. The number of carbonyl (C=O) groups excluding carboxylic acids is 2. The smallest absolute Gasteiger partial charge is 0.230 e. The molecular weight excluding hydrogens is 576 g/mol. The summed E-state index contributed by atoms with van der Waals surface area (Å²) in [5.74, 6) is 1.68. The van der Waals surface area contributed by atoms with Gasteiger partial charge in [0.1, 0.15) is 16.5 Å². The van der Waals surface area contributed by atoms with Gasteiger partial charge >= 0.3 is 0 Å². The molecule has 0 radical (unpaired) electrons. The molecule has 0 aliphatic carbocycles. The number of nitrogens with one attached hydrogen (secondary N) is 2. The largest absolute Gasteiger partial charge is 0.494 e. The van der Waals surface area contributed by atoms with Crippen LogP contribution < -0.4 is 20.1 Å². The van der Waals surface area contributed by atoms with E-state index in [0.717, 1.165) is 91.1 Å². The Kier molecular flexibility index (Phi) is 11.6. The lowest BCUT2D eigenvalue weighted by Gasteiger charge is -2.09. The van der Waals surface area contributed by atoms with Crippen LogP contribution in [0.5, 0.6) is 11.5 Å². The minimum absolute atomic E-state index is 0.134. The van der Waals surface area contributed by atoms with Gasteiger partial charge in [-0.2, -0.15) is 5.10 Å². The molecule has 4 aromatic rings. The number of carbonyl (C=O) groups is 2. The van der Waals surface area contributed by atoms with Gasteiger partial charge in [-0.05, 0) is 79.6 Å². The predicted octanol–water partition coefficient (Wildman–Crippen LogP) is 5.98. The topological polar surface area (TPSA) is 128 Å². The maximum atomic E-state index is 12.6. The van der Waals surface area contributed by atoms with Crippen molar-refractivity contribution < 1.29 is 19.1 Å². The first kappa shape index (κ1) is 31.1. The third kappa shape index (κ3) is 10.4. The van der Waals surface area contributed by atoms with Crippen molar-refractivity contribution in [1.29, 1.82) is 0 Å². The van der Waals surface area contributed by atoms with E-state index < -0.39 is 0 Å². The van der Waals surface area contributed by atoms with Crippen LogP contribution in [0.2, 0.25) is 0 Å². The van der Waals surface area contributed by atoms with Gasteiger partial charge in [0.2, 0.25) is 16.9 Å². The number of aryl methyl sites for hydroxylation is 2. The molecular formula is C33H38N6O4S. The van der Waals surface area contributed by atoms with E-state index >= 15 is 0 Å². The van der Waals surface area contributed by atoms with Crippen LogP contribution in [0.15, 0.2) is 60.7 Å². The highest BCUT2D eigenvalue weighted by Gasteiger charge is 2.11. The summed E-state index contributed by atoms with van der Waals surface area (Å²) in [6.45, 7) is 1.27. The van der Waals surface area contributed by atoms with Crippen molar-refractivity contribution in [1.82, 2.24) is 20.4 Å². The van der Waals surface area contributed by atoms with Gasteiger partial charge in [-0.1, -0.05) is 54.9 Å². The number of amides is 2. The number of hydrogen-bond donors (Lipinski definition) is 2. The molecule has 0 unspecified atom stereocenters. The first-order valence-electron chi connectivity index (χ1n) is 15.3. The van der Waals surface area contributed by atoms with Gasteiger partial charge in [-0.3, -0.25) is 9.59 Å². The van der Waals surface area contributed by atoms with Crippen LogP contribution in [-0.4, -0.2) is 45.4 Å². The van der Waals surface area contributed by atoms with Crippen molar-refractivity contribution in [3.63, 3.8) is 0 Å². The fourth-order valence-electron chi connectivity index (χ4n) is 4.87. The summed E-state index contributed by atoms with van der Waals surface area (Å²) in [4.78, 5) is 25.2. The Bertz CT molecular complexity index is 1510. The Labute approximate surface area is 261 Å². The molecule has 4 heterocycles. The third-order valence-electron chi connectivity index (χ3n) is 7.13. The molecule has 10 nitrogen and oxygen atoms in total. The number of fused-ring (bicyclic) bond motifs is 17. The highest BCUT2D eigenvalue weighted by molar-refractivity contribution is 7.15. The minimum Gasteiger partial charge on any atom is -0.494 e. The number of anilines is 2. The normalized spacial score (nSPS) is 16.3. The highest BCUT2D eigenvalue weighted by atomic mass is 32.1. The van der Waals surface area contributed by atoms with E-state index in [4.69, 9.17) is 9.47 Å². The van der Waals surface area contributed by atoms with Crippen LogP contribution >= 0.6 is 11.3 Å². The number of hydrogen-bond acceptors (Lipinski definition) is 9. The zero-order valence-corrected chi connectivity index (χ0v) is 25.6. The van der Waals surface area contributed by atoms with Crippen molar-refractivity contribution in [2.45, 2.75) is 70.6 Å². The third-order valence-corrected chi connectivity index (χ3v) is 8.02. The standard InChI is InChI=1S/C33H38N6O4S/c40-30-22-24-10-8-13-27(20-24)42-18-6-2-1-3-7-19-43-28-14-9-11-25(21-28)23-31(41)35-33-39-38-32(44-33)15-5-4-12-26-16-17-29(34-30)37-36-26/h8-11,13-14,16-17,20-21H,1-7,12,15,18-19,22-23H2,(H,34,37,40)(H,35,39,41). The maximum Gasteiger partial charge on any atom is 0.230 e. The van der Waals surface area contributed by atoms with E-state index in [-0.39, 0.29) is 24.7 Å². The molecule has 44 heavy (non-hydrogen) atoms. The summed E-state index contributed by atoms with van der Waals surface area (Å²) in [6.07, 6.45) is 8.97. The first-order valence-corrected chi connectivity index (χ1v) is 16.1. The quantitative estimate of drug-likeness (QED) is 0.248. The van der Waals surface area contributed by atoms with E-state index in [2.05, 4.69) is 31.0 Å². The van der Waals surface area contributed by atoms with Crippen molar-refractivity contribution in [3.8, 4) is 11.5 Å². The van der Waals surface area contributed by atoms with Gasteiger partial charge in [-0.15, -0.1) is 15.3 Å². The molecule has 8 bridgehead atoms. The Balaban J connectivity index is 1.17. The van der Waals surface area contributed by atoms with Crippen molar-refractivity contribution >= 4 is 34.1 Å². The van der Waals surface area contributed by atoms with Crippen LogP contribution in [-0.2, 0) is 35.3 Å². The summed E-state index contributed by atoms with van der Waals surface area (Å²) in [5.41, 5.74) is 2.63. The molecule has 0 saturated heterocycles. The molecule has 2 N–H and O–H groups in total. The van der Waals surface area contributed by atoms with E-state index in [1.807, 2.05) is 54.6 Å². The molecule has 2 aliphatic rings. The van der Waals surface area contributed by atoms with Crippen LogP contribution in [0.25, 0.3) is 0 Å². The van der Waals surface area contributed by atoms with Gasteiger partial charge in [0, 0.05) is 6.42 Å². The van der Waals surface area contributed by atoms with Crippen LogP contribution in [0.1, 0.15) is 66.8 Å². The molecule has 2 amide bonds. The second kappa shape index (κ2) is 16.5. The molecule has 0 saturated carbocycles. The van der Waals surface area contributed by atoms with E-state index in [1.165, 1.54) is 11.3 Å². The predicted molar refractivity (Wildman–Crippen MR) is 170 cm³/mol. The summed E-state index contributed by atoms with van der Waals surface area (Å²) >= 11 is 1.40. The lowest BCUT2D eigenvalue weighted by atomic mass is 10.1. The molecule has 0 spiro atoms. The fourth-order valence-corrected chi connectivity index (χ4v) is 5.67. The molecule has 6 rings (SSSR count). The average molecular weight is 615 g/mol. The zero-order chi connectivity index (χ0) is 30.4. The van der Waals surface area contributed by atoms with E-state index in [9.17, 15) is 9.59 Å². The molecule has 2 aromatic heterocycles. The summed E-state index contributed by atoms with van der Waals surface area (Å²) < 4.78 is 11.9. The van der Waals surface area contributed by atoms with Gasteiger partial charge < -0.3 is 20.1 Å². The lowest BCUT2D eigenvalue weighted by molar-refractivity contribution is -0.116. The Morgan fingerprint density at radius 1 is 0.614 bits per heavy atom. The number of benzene rings is 2. The molecule has 230 valence electrons. The van der Waals surface area contributed by atoms with Crippen molar-refractivity contribution in [2.24, 2.45) is 0 Å². The monoisotopic (exact) mass is 614 g/mol. The average Bonchev–Trinajstić information content (AvgIpc) is 3.46. The molecule has 2 aromatic carbocycles. The van der Waals surface area contributed by atoms with Gasteiger partial charge in [-0.25, -0.2) is 0 Å². The van der Waals surface area contributed by atoms with Gasteiger partial charge in [0.15, 0.2) is 5.82 Å². The van der Waals surface area contributed by atoms with Crippen LogP contribution in [0.4, 0.5) is 10.9 Å². The Morgan fingerprint density at radius 3 is 1.91 bits per heavy atom. The van der Waals surface area contributed by atoms with E-state index in [1.54, 1.807) is 6.07 Å². The second-order valence-electron chi connectivity index (χ2n) is 10.8. The second-order valence-corrected chi connectivity index (χ2v) is 11.9. The highest BCUT2D eigenvalue weighted by Crippen LogP contribution is 2.20. The van der Waals surface area contributed by atoms with Crippen molar-refractivity contribution in [3.05, 3.63) is 82.5 Å². The Hall–Kier alpha value is -4.38. The number of nitrogens with zero attached hydrogens (tertiary/aromatic N) is 4. The molecule has 11 heteroatoms. The number of aromatic nitrogens is 4. The summed E-state index contributed by atoms with van der Waals surface area (Å²) in [7, 11) is 0. The first-order chi connectivity index (χ1) is 21.6. The lowest BCUT2D eigenvalue weighted by Crippen LogP contribution is -2.16. The number of ether oxygens (including phenoxy) is 2. The van der Waals surface area contributed by atoms with Gasteiger partial charge in [0.05, 0.1) is 31.7 Å². The van der Waals surface area contributed by atoms with Gasteiger partial charge in [0.25, 0.3) is 0 Å². The summed E-state index contributed by atoms with van der Waals surface area (Å²) in [6, 6.07) is 19.0. The van der Waals surface area contributed by atoms with Crippen molar-refractivity contribution in [2.75, 3.05) is 23.8 Å². The molecule has 0 fully saturated rings.